The first-order chi connectivity index (χ1) is 12.1. The van der Waals surface area contributed by atoms with Gasteiger partial charge < -0.3 is 20.0 Å². The predicted molar refractivity (Wildman–Crippen MR) is 99.3 cm³/mol. The van der Waals surface area contributed by atoms with Crippen LogP contribution in [0, 0.1) is 11.8 Å². The molecule has 0 bridgehead atoms. The topological polar surface area (TPSA) is 81.1 Å². The van der Waals surface area contributed by atoms with Crippen molar-refractivity contribution in [3.63, 3.8) is 0 Å². The van der Waals surface area contributed by atoms with Crippen molar-refractivity contribution in [2.24, 2.45) is 11.8 Å². The number of carbonyl (C=O) groups is 2. The third kappa shape index (κ3) is 6.79. The summed E-state index contributed by atoms with van der Waals surface area (Å²) < 4.78 is 0. The summed E-state index contributed by atoms with van der Waals surface area (Å²) in [4.78, 5) is 26.4. The van der Waals surface area contributed by atoms with Crippen LogP contribution in [0.15, 0.2) is 0 Å². The Morgan fingerprint density at radius 2 is 1.12 bits per heavy atom. The smallest absolute Gasteiger partial charge is 0.248 e. The Morgan fingerprint density at radius 3 is 1.44 bits per heavy atom. The third-order valence-electron chi connectivity index (χ3n) is 5.55. The molecule has 2 heterocycles. The van der Waals surface area contributed by atoms with E-state index in [-0.39, 0.29) is 25.0 Å². The molecule has 0 aromatic rings. The molecule has 2 amide bonds. The number of carbonyl (C=O) groups excluding carboxylic acids is 2. The number of likely N-dealkylation sites (tertiary alicyclic amines) is 2. The molecule has 0 aromatic heterocycles. The predicted octanol–water partition coefficient (Wildman–Crippen LogP) is 0.962. The molecule has 0 unspecified atom stereocenters. The Morgan fingerprint density at radius 1 is 0.760 bits per heavy atom. The summed E-state index contributed by atoms with van der Waals surface area (Å²) in [7, 11) is 0. The summed E-state index contributed by atoms with van der Waals surface area (Å²) >= 11 is 2.02. The van der Waals surface area contributed by atoms with Crippen LogP contribution in [0.3, 0.4) is 0 Å². The van der Waals surface area contributed by atoms with Crippen molar-refractivity contribution in [1.29, 1.82) is 0 Å². The maximum Gasteiger partial charge on any atom is 0.248 e. The van der Waals surface area contributed by atoms with Crippen LogP contribution in [-0.4, -0.2) is 82.7 Å². The van der Waals surface area contributed by atoms with E-state index in [4.69, 9.17) is 10.2 Å². The third-order valence-corrected chi connectivity index (χ3v) is 6.59. The van der Waals surface area contributed by atoms with Gasteiger partial charge in [0.15, 0.2) is 0 Å². The fraction of sp³-hybridized carbons (Fsp3) is 0.889. The van der Waals surface area contributed by atoms with Crippen molar-refractivity contribution >= 4 is 23.6 Å². The molecule has 0 aromatic carbocycles. The zero-order valence-corrected chi connectivity index (χ0v) is 15.9. The number of hydrogen-bond acceptors (Lipinski definition) is 5. The second-order valence-corrected chi connectivity index (χ2v) is 8.38. The van der Waals surface area contributed by atoms with Crippen LogP contribution >= 0.6 is 11.8 Å². The average molecular weight is 373 g/mol. The molecule has 0 saturated carbocycles. The van der Waals surface area contributed by atoms with Gasteiger partial charge in [-0.05, 0) is 61.9 Å². The molecule has 2 fully saturated rings. The molecule has 2 rings (SSSR count). The average Bonchev–Trinajstić information content (AvgIpc) is 2.67. The van der Waals surface area contributed by atoms with Crippen molar-refractivity contribution in [2.75, 3.05) is 50.9 Å². The van der Waals surface area contributed by atoms with E-state index < -0.39 is 0 Å². The first kappa shape index (κ1) is 20.5. The zero-order chi connectivity index (χ0) is 18.1. The standard InChI is InChI=1S/C18H32N2O4S/c21-13-17(23)19-7-1-15(2-8-19)5-11-25-12-6-16-3-9-20(10-4-16)18(24)14-22/h15-16,21-22H,1-14H2. The lowest BCUT2D eigenvalue weighted by Gasteiger charge is -2.32. The molecule has 2 aliphatic rings. The van der Waals surface area contributed by atoms with E-state index in [0.29, 0.717) is 11.8 Å². The minimum absolute atomic E-state index is 0.139. The molecule has 0 aliphatic carbocycles. The van der Waals surface area contributed by atoms with Gasteiger partial charge in [-0.15, -0.1) is 0 Å². The summed E-state index contributed by atoms with van der Waals surface area (Å²) in [5, 5.41) is 17.8. The molecule has 2 aliphatic heterocycles. The quantitative estimate of drug-likeness (QED) is 0.621. The van der Waals surface area contributed by atoms with Gasteiger partial charge in [-0.25, -0.2) is 0 Å². The Labute approximate surface area is 154 Å². The van der Waals surface area contributed by atoms with Gasteiger partial charge in [-0.1, -0.05) is 0 Å². The Hall–Kier alpha value is -0.790. The van der Waals surface area contributed by atoms with Crippen molar-refractivity contribution in [1.82, 2.24) is 9.80 Å². The van der Waals surface area contributed by atoms with E-state index in [1.54, 1.807) is 9.80 Å². The Bertz CT molecular complexity index is 381. The van der Waals surface area contributed by atoms with Crippen LogP contribution in [0.2, 0.25) is 0 Å². The van der Waals surface area contributed by atoms with E-state index in [1.807, 2.05) is 11.8 Å². The highest BCUT2D eigenvalue weighted by molar-refractivity contribution is 7.99. The van der Waals surface area contributed by atoms with Gasteiger partial charge in [0.05, 0.1) is 0 Å². The number of aliphatic hydroxyl groups is 2. The van der Waals surface area contributed by atoms with Gasteiger partial charge in [0.2, 0.25) is 11.8 Å². The van der Waals surface area contributed by atoms with Crippen molar-refractivity contribution in [2.45, 2.75) is 38.5 Å². The lowest BCUT2D eigenvalue weighted by molar-refractivity contribution is -0.136. The van der Waals surface area contributed by atoms with E-state index in [1.165, 1.54) is 24.3 Å². The molecule has 0 atom stereocenters. The van der Waals surface area contributed by atoms with Gasteiger partial charge >= 0.3 is 0 Å². The summed E-state index contributed by atoms with van der Waals surface area (Å²) in [5.74, 6) is 3.51. The van der Waals surface area contributed by atoms with Crippen molar-refractivity contribution in [3.8, 4) is 0 Å². The van der Waals surface area contributed by atoms with Gasteiger partial charge in [0, 0.05) is 26.2 Å². The number of thioether (sulfide) groups is 1. The van der Waals surface area contributed by atoms with Crippen LogP contribution < -0.4 is 0 Å². The summed E-state index contributed by atoms with van der Waals surface area (Å²) in [6, 6.07) is 0. The second kappa shape index (κ2) is 11.0. The number of hydrogen-bond donors (Lipinski definition) is 2. The van der Waals surface area contributed by atoms with E-state index in [2.05, 4.69) is 0 Å². The first-order valence-electron chi connectivity index (χ1n) is 9.49. The molecule has 0 radical (unpaired) electrons. The summed E-state index contributed by atoms with van der Waals surface area (Å²) in [6.45, 7) is 2.43. The van der Waals surface area contributed by atoms with E-state index >= 15 is 0 Å². The van der Waals surface area contributed by atoms with Crippen LogP contribution in [0.5, 0.6) is 0 Å². The summed E-state index contributed by atoms with van der Waals surface area (Å²) in [6.07, 6.45) is 6.67. The summed E-state index contributed by atoms with van der Waals surface area (Å²) in [5.41, 5.74) is 0. The molecule has 0 spiro atoms. The zero-order valence-electron chi connectivity index (χ0n) is 15.1. The van der Waals surface area contributed by atoms with Crippen LogP contribution in [0.25, 0.3) is 0 Å². The monoisotopic (exact) mass is 372 g/mol. The second-order valence-electron chi connectivity index (χ2n) is 7.15. The first-order valence-corrected chi connectivity index (χ1v) is 10.6. The lowest BCUT2D eigenvalue weighted by Crippen LogP contribution is -2.40. The number of nitrogens with zero attached hydrogens (tertiary/aromatic N) is 2. The normalized spacial score (nSPS) is 20.1. The highest BCUT2D eigenvalue weighted by Crippen LogP contribution is 2.25. The fourth-order valence-corrected chi connectivity index (χ4v) is 4.95. The van der Waals surface area contributed by atoms with Crippen LogP contribution in [0.1, 0.15) is 38.5 Å². The number of piperidine rings is 2. The number of aliphatic hydroxyl groups excluding tert-OH is 2. The maximum absolute atomic E-state index is 11.4. The molecule has 144 valence electrons. The van der Waals surface area contributed by atoms with Crippen molar-refractivity contribution in [3.05, 3.63) is 0 Å². The molecule has 6 nitrogen and oxygen atoms in total. The minimum atomic E-state index is -0.367. The largest absolute Gasteiger partial charge is 0.387 e. The Balaban J connectivity index is 1.48. The highest BCUT2D eigenvalue weighted by Gasteiger charge is 2.23. The minimum Gasteiger partial charge on any atom is -0.387 e. The van der Waals surface area contributed by atoms with Crippen LogP contribution in [-0.2, 0) is 9.59 Å². The molecule has 2 saturated heterocycles. The van der Waals surface area contributed by atoms with Gasteiger partial charge in [0.1, 0.15) is 13.2 Å². The number of amides is 2. The van der Waals surface area contributed by atoms with E-state index in [0.717, 1.165) is 51.9 Å². The molecule has 2 N–H and O–H groups in total. The SMILES string of the molecule is O=C(CO)N1CCC(CCSCCC2CCN(C(=O)CO)CC2)CC1. The maximum atomic E-state index is 11.4. The molecule has 7 heteroatoms. The molecule has 25 heavy (non-hydrogen) atoms. The van der Waals surface area contributed by atoms with Crippen molar-refractivity contribution < 1.29 is 19.8 Å². The number of rotatable bonds is 8. The molecular formula is C18H32N2O4S. The Kier molecular flexibility index (Phi) is 9.06. The lowest BCUT2D eigenvalue weighted by atomic mass is 9.94. The van der Waals surface area contributed by atoms with Gasteiger partial charge in [0.25, 0.3) is 0 Å². The molecular weight excluding hydrogens is 340 g/mol. The van der Waals surface area contributed by atoms with Gasteiger partial charge in [-0.3, -0.25) is 9.59 Å². The van der Waals surface area contributed by atoms with Gasteiger partial charge in [-0.2, -0.15) is 11.8 Å². The fourth-order valence-electron chi connectivity index (χ4n) is 3.74. The van der Waals surface area contributed by atoms with Crippen LogP contribution in [0.4, 0.5) is 0 Å². The van der Waals surface area contributed by atoms with E-state index in [9.17, 15) is 9.59 Å². The highest BCUT2D eigenvalue weighted by atomic mass is 32.2.